The van der Waals surface area contributed by atoms with Gasteiger partial charge < -0.3 is 10.6 Å². The minimum Gasteiger partial charge on any atom is -0.338 e. The summed E-state index contributed by atoms with van der Waals surface area (Å²) in [6.45, 7) is 1.22. The second-order valence-electron chi connectivity index (χ2n) is 7.87. The summed E-state index contributed by atoms with van der Waals surface area (Å²) in [6, 6.07) is 0.532. The number of hydrogen-bond acceptors (Lipinski definition) is 2. The molecule has 5 saturated carbocycles. The van der Waals surface area contributed by atoms with Crippen LogP contribution >= 0.6 is 0 Å². The zero-order valence-electron chi connectivity index (χ0n) is 11.8. The Hall–Kier alpha value is -0.570. The van der Waals surface area contributed by atoms with Crippen molar-refractivity contribution >= 4 is 5.91 Å². The van der Waals surface area contributed by atoms with E-state index in [0.717, 1.165) is 24.3 Å². The van der Waals surface area contributed by atoms with E-state index in [1.165, 1.54) is 51.4 Å². The van der Waals surface area contributed by atoms with Crippen molar-refractivity contribution in [2.75, 3.05) is 13.1 Å². The molecule has 0 spiro atoms. The minimum atomic E-state index is 0.193. The van der Waals surface area contributed by atoms with E-state index < -0.39 is 0 Å². The van der Waals surface area contributed by atoms with Crippen LogP contribution in [0.4, 0.5) is 0 Å². The maximum absolute atomic E-state index is 12.1. The standard InChI is InChI=1S/C16H26N2O/c17-9-15(19)18(14-1-2-14)10-16-6-11-3-12(7-16)5-13(4-11)8-16/h11-14H,1-10,17H2. The smallest absolute Gasteiger partial charge is 0.236 e. The predicted octanol–water partition coefficient (Wildman–Crippen LogP) is 2.15. The number of carbonyl (C=O) groups excluding carboxylic acids is 1. The molecule has 0 radical (unpaired) electrons. The Morgan fingerprint density at radius 3 is 2.00 bits per heavy atom. The first-order valence-electron chi connectivity index (χ1n) is 8.17. The summed E-state index contributed by atoms with van der Waals surface area (Å²) in [6.07, 6.45) is 11.0. The maximum Gasteiger partial charge on any atom is 0.236 e. The number of hydrogen-bond donors (Lipinski definition) is 1. The van der Waals surface area contributed by atoms with E-state index in [9.17, 15) is 4.79 Å². The topological polar surface area (TPSA) is 46.3 Å². The van der Waals surface area contributed by atoms with Crippen LogP contribution in [0.2, 0.25) is 0 Å². The van der Waals surface area contributed by atoms with Crippen LogP contribution in [-0.2, 0) is 4.79 Å². The lowest BCUT2D eigenvalue weighted by Gasteiger charge is -2.58. The first-order chi connectivity index (χ1) is 9.17. The van der Waals surface area contributed by atoms with Crippen LogP contribution in [0.1, 0.15) is 51.4 Å². The van der Waals surface area contributed by atoms with Crippen LogP contribution in [0.3, 0.4) is 0 Å². The molecule has 0 aliphatic heterocycles. The summed E-state index contributed by atoms with van der Waals surface area (Å²) in [5, 5.41) is 0. The predicted molar refractivity (Wildman–Crippen MR) is 74.4 cm³/mol. The second-order valence-corrected chi connectivity index (χ2v) is 7.87. The molecular weight excluding hydrogens is 236 g/mol. The monoisotopic (exact) mass is 262 g/mol. The molecule has 5 aliphatic rings. The van der Waals surface area contributed by atoms with Gasteiger partial charge in [0.25, 0.3) is 0 Å². The third-order valence-electron chi connectivity index (χ3n) is 6.15. The molecule has 4 bridgehead atoms. The maximum atomic E-state index is 12.1. The van der Waals surface area contributed by atoms with Gasteiger partial charge in [0.2, 0.25) is 5.91 Å². The first-order valence-corrected chi connectivity index (χ1v) is 8.17. The molecule has 3 nitrogen and oxygen atoms in total. The van der Waals surface area contributed by atoms with E-state index in [1.807, 2.05) is 0 Å². The summed E-state index contributed by atoms with van der Waals surface area (Å²) in [4.78, 5) is 14.3. The van der Waals surface area contributed by atoms with Crippen LogP contribution in [0.25, 0.3) is 0 Å². The Kier molecular flexibility index (Phi) is 2.70. The van der Waals surface area contributed by atoms with Crippen LogP contribution in [-0.4, -0.2) is 29.9 Å². The van der Waals surface area contributed by atoms with Crippen LogP contribution in [0.5, 0.6) is 0 Å². The number of amides is 1. The number of carbonyl (C=O) groups is 1. The molecule has 2 N–H and O–H groups in total. The highest BCUT2D eigenvalue weighted by atomic mass is 16.2. The molecule has 19 heavy (non-hydrogen) atoms. The third-order valence-corrected chi connectivity index (χ3v) is 6.15. The van der Waals surface area contributed by atoms with E-state index in [2.05, 4.69) is 4.90 Å². The van der Waals surface area contributed by atoms with Gasteiger partial charge in [-0.2, -0.15) is 0 Å². The molecule has 5 rings (SSSR count). The first kappa shape index (κ1) is 12.2. The molecule has 5 fully saturated rings. The summed E-state index contributed by atoms with van der Waals surface area (Å²) in [5.74, 6) is 3.11. The zero-order valence-corrected chi connectivity index (χ0v) is 11.8. The molecule has 1 amide bonds. The average Bonchev–Trinajstić information content (AvgIpc) is 3.17. The van der Waals surface area contributed by atoms with E-state index in [1.54, 1.807) is 0 Å². The van der Waals surface area contributed by atoms with Crippen molar-refractivity contribution in [2.45, 2.75) is 57.4 Å². The summed E-state index contributed by atoms with van der Waals surface area (Å²) in [7, 11) is 0. The molecule has 106 valence electrons. The van der Waals surface area contributed by atoms with Crippen molar-refractivity contribution in [3.8, 4) is 0 Å². The van der Waals surface area contributed by atoms with Crippen LogP contribution < -0.4 is 5.73 Å². The molecule has 0 heterocycles. The second kappa shape index (κ2) is 4.21. The van der Waals surface area contributed by atoms with Crippen molar-refractivity contribution < 1.29 is 4.79 Å². The van der Waals surface area contributed by atoms with E-state index >= 15 is 0 Å². The molecule has 0 atom stereocenters. The van der Waals surface area contributed by atoms with Crippen molar-refractivity contribution in [1.82, 2.24) is 4.90 Å². The van der Waals surface area contributed by atoms with Gasteiger partial charge in [-0.1, -0.05) is 0 Å². The van der Waals surface area contributed by atoms with Crippen molar-refractivity contribution in [3.05, 3.63) is 0 Å². The quantitative estimate of drug-likeness (QED) is 0.844. The van der Waals surface area contributed by atoms with Crippen molar-refractivity contribution in [2.24, 2.45) is 28.9 Å². The molecule has 0 unspecified atom stereocenters. The van der Waals surface area contributed by atoms with Gasteiger partial charge in [0, 0.05) is 12.6 Å². The normalized spacial score (nSPS) is 43.5. The van der Waals surface area contributed by atoms with E-state index in [4.69, 9.17) is 5.73 Å². The summed E-state index contributed by atoms with van der Waals surface area (Å²) < 4.78 is 0. The average molecular weight is 262 g/mol. The lowest BCUT2D eigenvalue weighted by atomic mass is 9.49. The highest BCUT2D eigenvalue weighted by Crippen LogP contribution is 2.60. The fourth-order valence-electron chi connectivity index (χ4n) is 5.77. The Bertz CT molecular complexity index is 353. The van der Waals surface area contributed by atoms with Gasteiger partial charge >= 0.3 is 0 Å². The molecule has 0 aromatic carbocycles. The van der Waals surface area contributed by atoms with Gasteiger partial charge in [0.05, 0.1) is 6.54 Å². The molecule has 3 heteroatoms. The fraction of sp³-hybridized carbons (Fsp3) is 0.938. The van der Waals surface area contributed by atoms with E-state index in [0.29, 0.717) is 11.5 Å². The number of rotatable bonds is 4. The summed E-state index contributed by atoms with van der Waals surface area (Å²) in [5.41, 5.74) is 6.09. The third kappa shape index (κ3) is 2.10. The minimum absolute atomic E-state index is 0.193. The fourth-order valence-corrected chi connectivity index (χ4v) is 5.77. The molecule has 0 saturated heterocycles. The van der Waals surface area contributed by atoms with Crippen molar-refractivity contribution in [1.29, 1.82) is 0 Å². The van der Waals surface area contributed by atoms with Crippen LogP contribution in [0.15, 0.2) is 0 Å². The van der Waals surface area contributed by atoms with Gasteiger partial charge in [0.1, 0.15) is 0 Å². The van der Waals surface area contributed by atoms with Gasteiger partial charge in [-0.25, -0.2) is 0 Å². The molecular formula is C16H26N2O. The van der Waals surface area contributed by atoms with Gasteiger partial charge in [0.15, 0.2) is 0 Å². The van der Waals surface area contributed by atoms with E-state index in [-0.39, 0.29) is 12.5 Å². The van der Waals surface area contributed by atoms with Crippen molar-refractivity contribution in [3.63, 3.8) is 0 Å². The number of nitrogens with two attached hydrogens (primary N) is 1. The molecule has 0 aromatic heterocycles. The van der Waals surface area contributed by atoms with Gasteiger partial charge in [-0.15, -0.1) is 0 Å². The Balaban J connectivity index is 1.53. The molecule has 0 aromatic rings. The SMILES string of the molecule is NCC(=O)N(CC12CC3CC(CC(C3)C1)C2)C1CC1. The zero-order chi connectivity index (χ0) is 13.0. The highest BCUT2D eigenvalue weighted by Gasteiger charge is 2.52. The Morgan fingerprint density at radius 2 is 1.58 bits per heavy atom. The van der Waals surface area contributed by atoms with Gasteiger partial charge in [-0.3, -0.25) is 4.79 Å². The lowest BCUT2D eigenvalue weighted by molar-refractivity contribution is -0.136. The van der Waals surface area contributed by atoms with Gasteiger partial charge in [-0.05, 0) is 74.5 Å². The summed E-state index contributed by atoms with van der Waals surface area (Å²) >= 11 is 0. The van der Waals surface area contributed by atoms with Crippen LogP contribution in [0, 0.1) is 23.2 Å². The molecule has 5 aliphatic carbocycles. The Labute approximate surface area is 115 Å². The highest BCUT2D eigenvalue weighted by molar-refractivity contribution is 5.78. The lowest BCUT2D eigenvalue weighted by Crippen LogP contribution is -2.53. The number of nitrogens with zero attached hydrogens (tertiary/aromatic N) is 1. The largest absolute Gasteiger partial charge is 0.338 e. The Morgan fingerprint density at radius 1 is 1.05 bits per heavy atom.